The number of amides is 1. The highest BCUT2D eigenvalue weighted by Crippen LogP contribution is 2.19. The van der Waals surface area contributed by atoms with Gasteiger partial charge in [-0.25, -0.2) is 0 Å². The molecular weight excluding hydrogens is 174 g/mol. The summed E-state index contributed by atoms with van der Waals surface area (Å²) in [6.45, 7) is 2.59. The van der Waals surface area contributed by atoms with E-state index in [2.05, 4.69) is 12.1 Å². The summed E-state index contributed by atoms with van der Waals surface area (Å²) in [5.41, 5.74) is 2.43. The molecule has 0 N–H and O–H groups in total. The van der Waals surface area contributed by atoms with Gasteiger partial charge in [0.05, 0.1) is 6.54 Å². The van der Waals surface area contributed by atoms with Crippen LogP contribution in [-0.4, -0.2) is 10.8 Å². The SMILES string of the molecule is CCC(=O)N1C=Cc2ccccc2C1. The molecule has 0 saturated carbocycles. The average Bonchev–Trinajstić information content (AvgIpc) is 2.27. The monoisotopic (exact) mass is 187 g/mol. The molecule has 2 nitrogen and oxygen atoms in total. The summed E-state index contributed by atoms with van der Waals surface area (Å²) in [7, 11) is 0. The van der Waals surface area contributed by atoms with E-state index in [1.807, 2.05) is 31.3 Å². The maximum atomic E-state index is 11.5. The minimum absolute atomic E-state index is 0.177. The summed E-state index contributed by atoms with van der Waals surface area (Å²) < 4.78 is 0. The molecule has 0 aromatic heterocycles. The molecule has 1 aromatic rings. The zero-order valence-corrected chi connectivity index (χ0v) is 8.23. The highest BCUT2D eigenvalue weighted by atomic mass is 16.2. The molecule has 1 aliphatic rings. The summed E-state index contributed by atoms with van der Waals surface area (Å²) in [6, 6.07) is 8.15. The summed E-state index contributed by atoms with van der Waals surface area (Å²) >= 11 is 0. The lowest BCUT2D eigenvalue weighted by Crippen LogP contribution is -2.26. The van der Waals surface area contributed by atoms with Gasteiger partial charge in [-0.3, -0.25) is 4.79 Å². The molecule has 2 rings (SSSR count). The fourth-order valence-electron chi connectivity index (χ4n) is 1.62. The molecule has 1 amide bonds. The molecule has 72 valence electrons. The number of hydrogen-bond acceptors (Lipinski definition) is 1. The molecule has 14 heavy (non-hydrogen) atoms. The van der Waals surface area contributed by atoms with Crippen LogP contribution in [0.25, 0.3) is 6.08 Å². The van der Waals surface area contributed by atoms with Crippen molar-refractivity contribution in [3.05, 3.63) is 41.6 Å². The first-order valence-corrected chi connectivity index (χ1v) is 4.87. The highest BCUT2D eigenvalue weighted by molar-refractivity contribution is 5.79. The molecule has 0 spiro atoms. The maximum Gasteiger partial charge on any atom is 0.226 e. The third kappa shape index (κ3) is 1.55. The quantitative estimate of drug-likeness (QED) is 0.661. The number of benzene rings is 1. The Morgan fingerprint density at radius 3 is 3.00 bits per heavy atom. The van der Waals surface area contributed by atoms with E-state index in [-0.39, 0.29) is 5.91 Å². The van der Waals surface area contributed by atoms with Gasteiger partial charge in [0.25, 0.3) is 0 Å². The van der Waals surface area contributed by atoms with Crippen molar-refractivity contribution in [2.45, 2.75) is 19.9 Å². The van der Waals surface area contributed by atoms with Crippen LogP contribution >= 0.6 is 0 Å². The van der Waals surface area contributed by atoms with Gasteiger partial charge < -0.3 is 4.90 Å². The van der Waals surface area contributed by atoms with Crippen LogP contribution in [0.15, 0.2) is 30.5 Å². The summed E-state index contributed by atoms with van der Waals surface area (Å²) in [4.78, 5) is 13.2. The molecule has 0 radical (unpaired) electrons. The molecule has 0 fully saturated rings. The highest BCUT2D eigenvalue weighted by Gasteiger charge is 2.13. The Morgan fingerprint density at radius 1 is 1.43 bits per heavy atom. The Balaban J connectivity index is 2.25. The van der Waals surface area contributed by atoms with E-state index in [0.29, 0.717) is 13.0 Å². The molecule has 2 heteroatoms. The Kier molecular flexibility index (Phi) is 2.35. The van der Waals surface area contributed by atoms with Gasteiger partial charge in [-0.15, -0.1) is 0 Å². The molecule has 0 aliphatic carbocycles. The second kappa shape index (κ2) is 3.66. The minimum Gasteiger partial charge on any atom is -0.315 e. The van der Waals surface area contributed by atoms with Crippen molar-refractivity contribution in [1.29, 1.82) is 0 Å². The second-order valence-electron chi connectivity index (χ2n) is 3.39. The second-order valence-corrected chi connectivity index (χ2v) is 3.39. The molecule has 0 saturated heterocycles. The lowest BCUT2D eigenvalue weighted by Gasteiger charge is -2.22. The number of carbonyl (C=O) groups is 1. The van der Waals surface area contributed by atoms with Crippen molar-refractivity contribution >= 4 is 12.0 Å². The van der Waals surface area contributed by atoms with Crippen LogP contribution in [0, 0.1) is 0 Å². The average molecular weight is 187 g/mol. The number of carbonyl (C=O) groups excluding carboxylic acids is 1. The van der Waals surface area contributed by atoms with Crippen molar-refractivity contribution in [3.63, 3.8) is 0 Å². The molecule has 0 bridgehead atoms. The van der Waals surface area contributed by atoms with Crippen LogP contribution in [0.5, 0.6) is 0 Å². The van der Waals surface area contributed by atoms with Gasteiger partial charge in [-0.05, 0) is 17.2 Å². The maximum absolute atomic E-state index is 11.5. The van der Waals surface area contributed by atoms with E-state index >= 15 is 0 Å². The van der Waals surface area contributed by atoms with E-state index in [0.717, 1.165) is 0 Å². The van der Waals surface area contributed by atoms with Gasteiger partial charge in [-0.2, -0.15) is 0 Å². The topological polar surface area (TPSA) is 20.3 Å². The first-order chi connectivity index (χ1) is 6.81. The molecule has 1 aromatic carbocycles. The van der Waals surface area contributed by atoms with E-state index < -0.39 is 0 Å². The standard InChI is InChI=1S/C12H13NO/c1-2-12(14)13-8-7-10-5-3-4-6-11(10)9-13/h3-8H,2,9H2,1H3. The molecule has 0 atom stereocenters. The normalized spacial score (nSPS) is 13.9. The fraction of sp³-hybridized carbons (Fsp3) is 0.250. The lowest BCUT2D eigenvalue weighted by atomic mass is 10.0. The Morgan fingerprint density at radius 2 is 2.21 bits per heavy atom. The van der Waals surface area contributed by atoms with Gasteiger partial charge in [0.2, 0.25) is 5.91 Å². The van der Waals surface area contributed by atoms with Crippen molar-refractivity contribution < 1.29 is 4.79 Å². The molecule has 0 unspecified atom stereocenters. The van der Waals surface area contributed by atoms with Crippen LogP contribution in [0.1, 0.15) is 24.5 Å². The largest absolute Gasteiger partial charge is 0.315 e. The predicted octanol–water partition coefficient (Wildman–Crippen LogP) is 2.41. The third-order valence-corrected chi connectivity index (χ3v) is 2.45. The Labute approximate surface area is 83.8 Å². The number of nitrogens with zero attached hydrogens (tertiary/aromatic N) is 1. The van der Waals surface area contributed by atoms with Crippen molar-refractivity contribution in [2.24, 2.45) is 0 Å². The van der Waals surface area contributed by atoms with E-state index in [4.69, 9.17) is 0 Å². The van der Waals surface area contributed by atoms with Crippen molar-refractivity contribution in [3.8, 4) is 0 Å². The zero-order valence-electron chi connectivity index (χ0n) is 8.23. The summed E-state index contributed by atoms with van der Waals surface area (Å²) in [6.07, 6.45) is 4.42. The summed E-state index contributed by atoms with van der Waals surface area (Å²) in [5, 5.41) is 0. The van der Waals surface area contributed by atoms with Gasteiger partial charge in [-0.1, -0.05) is 31.2 Å². The molecule has 1 heterocycles. The molecule has 1 aliphatic heterocycles. The number of hydrogen-bond donors (Lipinski definition) is 0. The van der Waals surface area contributed by atoms with Gasteiger partial charge in [0, 0.05) is 12.6 Å². The van der Waals surface area contributed by atoms with Crippen LogP contribution in [-0.2, 0) is 11.3 Å². The Hall–Kier alpha value is -1.57. The van der Waals surface area contributed by atoms with Crippen LogP contribution < -0.4 is 0 Å². The molecular formula is C12H13NO. The number of fused-ring (bicyclic) bond motifs is 1. The third-order valence-electron chi connectivity index (χ3n) is 2.45. The van der Waals surface area contributed by atoms with Crippen molar-refractivity contribution in [1.82, 2.24) is 4.90 Å². The van der Waals surface area contributed by atoms with Gasteiger partial charge in [0.1, 0.15) is 0 Å². The van der Waals surface area contributed by atoms with Gasteiger partial charge in [0.15, 0.2) is 0 Å². The first-order valence-electron chi connectivity index (χ1n) is 4.87. The van der Waals surface area contributed by atoms with Crippen LogP contribution in [0.4, 0.5) is 0 Å². The summed E-state index contributed by atoms with van der Waals surface area (Å²) in [5.74, 6) is 0.177. The Bertz CT molecular complexity index is 382. The van der Waals surface area contributed by atoms with Crippen LogP contribution in [0.3, 0.4) is 0 Å². The van der Waals surface area contributed by atoms with Gasteiger partial charge >= 0.3 is 0 Å². The predicted molar refractivity (Wildman–Crippen MR) is 56.3 cm³/mol. The van der Waals surface area contributed by atoms with E-state index in [9.17, 15) is 4.79 Å². The fourth-order valence-corrected chi connectivity index (χ4v) is 1.62. The van der Waals surface area contributed by atoms with E-state index in [1.54, 1.807) is 4.90 Å². The minimum atomic E-state index is 0.177. The van der Waals surface area contributed by atoms with Crippen molar-refractivity contribution in [2.75, 3.05) is 0 Å². The zero-order chi connectivity index (χ0) is 9.97. The smallest absolute Gasteiger partial charge is 0.226 e. The lowest BCUT2D eigenvalue weighted by molar-refractivity contribution is -0.128. The first kappa shape index (κ1) is 9.00. The van der Waals surface area contributed by atoms with E-state index in [1.165, 1.54) is 11.1 Å². The van der Waals surface area contributed by atoms with Crippen LogP contribution in [0.2, 0.25) is 0 Å². The number of rotatable bonds is 1.